The van der Waals surface area contributed by atoms with Gasteiger partial charge in [0.15, 0.2) is 5.76 Å². The topological polar surface area (TPSA) is 53.8 Å². The van der Waals surface area contributed by atoms with Gasteiger partial charge in [0.25, 0.3) is 5.91 Å². The van der Waals surface area contributed by atoms with Gasteiger partial charge in [-0.3, -0.25) is 9.59 Å². The van der Waals surface area contributed by atoms with E-state index in [4.69, 9.17) is 4.42 Å². The first-order valence-electron chi connectivity index (χ1n) is 8.76. The number of likely N-dealkylation sites (tertiary alicyclic amines) is 2. The third kappa shape index (κ3) is 2.64. The number of piperidine rings is 1. The first-order valence-corrected chi connectivity index (χ1v) is 8.76. The average molecular weight is 338 g/mol. The average Bonchev–Trinajstić information content (AvgIpc) is 3.27. The number of likely N-dealkylation sites (N-methyl/N-ethyl adjacent to an activating group) is 1. The Morgan fingerprint density at radius 3 is 2.48 bits per heavy atom. The van der Waals surface area contributed by atoms with Crippen LogP contribution in [0.1, 0.15) is 41.3 Å². The minimum absolute atomic E-state index is 0.0635. The highest BCUT2D eigenvalue weighted by atomic mass is 16.3. The monoisotopic (exact) mass is 338 g/mol. The van der Waals surface area contributed by atoms with E-state index in [0.29, 0.717) is 18.8 Å². The highest BCUT2D eigenvalue weighted by Gasteiger charge is 2.50. The van der Waals surface area contributed by atoms with Crippen LogP contribution in [0.2, 0.25) is 0 Å². The number of hydrogen-bond acceptors (Lipinski definition) is 3. The molecule has 1 atom stereocenters. The van der Waals surface area contributed by atoms with Crippen molar-refractivity contribution in [1.82, 2.24) is 9.80 Å². The number of carbonyl (C=O) groups is 2. The zero-order chi connectivity index (χ0) is 17.4. The van der Waals surface area contributed by atoms with Crippen molar-refractivity contribution < 1.29 is 14.0 Å². The quantitative estimate of drug-likeness (QED) is 0.846. The van der Waals surface area contributed by atoms with Crippen LogP contribution in [0.15, 0.2) is 53.1 Å². The number of carbonyl (C=O) groups excluding carboxylic acids is 2. The Balaban J connectivity index is 1.49. The van der Waals surface area contributed by atoms with Gasteiger partial charge in [-0.15, -0.1) is 0 Å². The molecule has 2 aliphatic heterocycles. The molecule has 0 N–H and O–H groups in total. The predicted molar refractivity (Wildman–Crippen MR) is 93.1 cm³/mol. The van der Waals surface area contributed by atoms with E-state index in [9.17, 15) is 9.59 Å². The maximum Gasteiger partial charge on any atom is 0.289 e. The van der Waals surface area contributed by atoms with Crippen LogP contribution in [-0.4, -0.2) is 47.3 Å². The molecule has 5 nitrogen and oxygen atoms in total. The molecule has 1 spiro atoms. The lowest BCUT2D eigenvalue weighted by atomic mass is 9.81. The highest BCUT2D eigenvalue weighted by Crippen LogP contribution is 2.44. The zero-order valence-electron chi connectivity index (χ0n) is 14.4. The maximum atomic E-state index is 12.8. The van der Waals surface area contributed by atoms with E-state index in [1.54, 1.807) is 12.1 Å². The Kier molecular flexibility index (Phi) is 3.86. The van der Waals surface area contributed by atoms with Gasteiger partial charge in [0, 0.05) is 25.7 Å². The van der Waals surface area contributed by atoms with Crippen molar-refractivity contribution >= 4 is 11.8 Å². The van der Waals surface area contributed by atoms with E-state index in [0.717, 1.165) is 24.8 Å². The third-order valence-electron chi connectivity index (χ3n) is 5.84. The molecular formula is C20H22N2O3. The zero-order valence-corrected chi connectivity index (χ0v) is 14.4. The molecule has 2 aromatic rings. The summed E-state index contributed by atoms with van der Waals surface area (Å²) in [6, 6.07) is 13.4. The summed E-state index contributed by atoms with van der Waals surface area (Å²) < 4.78 is 5.22. The lowest BCUT2D eigenvalue weighted by Gasteiger charge is -2.43. The molecule has 1 aromatic heterocycles. The van der Waals surface area contributed by atoms with Gasteiger partial charge in [-0.2, -0.15) is 0 Å². The first-order chi connectivity index (χ1) is 12.1. The summed E-state index contributed by atoms with van der Waals surface area (Å²) in [5.41, 5.74) is 0.947. The summed E-state index contributed by atoms with van der Waals surface area (Å²) in [4.78, 5) is 29.0. The number of furan rings is 1. The van der Waals surface area contributed by atoms with Crippen LogP contribution in [0.4, 0.5) is 0 Å². The molecule has 3 heterocycles. The normalized spacial score (nSPS) is 22.6. The molecule has 25 heavy (non-hydrogen) atoms. The van der Waals surface area contributed by atoms with Gasteiger partial charge < -0.3 is 14.2 Å². The molecule has 5 heteroatoms. The Morgan fingerprint density at radius 2 is 1.84 bits per heavy atom. The van der Waals surface area contributed by atoms with Crippen molar-refractivity contribution in [2.45, 2.75) is 30.7 Å². The molecule has 1 aromatic carbocycles. The molecule has 4 rings (SSSR count). The molecular weight excluding hydrogens is 316 g/mol. The van der Waals surface area contributed by atoms with Gasteiger partial charge in [0.2, 0.25) is 5.91 Å². The molecule has 130 valence electrons. The van der Waals surface area contributed by atoms with Gasteiger partial charge in [-0.25, -0.2) is 0 Å². The molecule has 2 amide bonds. The van der Waals surface area contributed by atoms with Crippen molar-refractivity contribution in [2.75, 3.05) is 20.1 Å². The smallest absolute Gasteiger partial charge is 0.289 e. The lowest BCUT2D eigenvalue weighted by molar-refractivity contribution is -0.131. The molecule has 0 radical (unpaired) electrons. The van der Waals surface area contributed by atoms with Gasteiger partial charge in [-0.05, 0) is 37.0 Å². The van der Waals surface area contributed by atoms with Gasteiger partial charge in [0.1, 0.15) is 0 Å². The van der Waals surface area contributed by atoms with Gasteiger partial charge >= 0.3 is 0 Å². The van der Waals surface area contributed by atoms with Crippen molar-refractivity contribution in [1.29, 1.82) is 0 Å². The summed E-state index contributed by atoms with van der Waals surface area (Å²) in [5.74, 6) is 0.441. The predicted octanol–water partition coefficient (Wildman–Crippen LogP) is 2.90. The number of nitrogens with zero attached hydrogens (tertiary/aromatic N) is 2. The van der Waals surface area contributed by atoms with Crippen molar-refractivity contribution in [3.05, 3.63) is 60.1 Å². The second kappa shape index (κ2) is 6.06. The lowest BCUT2D eigenvalue weighted by Crippen LogP contribution is -2.52. The van der Waals surface area contributed by atoms with Crippen molar-refractivity contribution in [2.24, 2.45) is 0 Å². The fraction of sp³-hybridized carbons (Fsp3) is 0.400. The molecule has 1 unspecified atom stereocenters. The number of amides is 2. The number of rotatable bonds is 2. The summed E-state index contributed by atoms with van der Waals surface area (Å²) in [6.45, 7) is 1.30. The van der Waals surface area contributed by atoms with Crippen molar-refractivity contribution in [3.63, 3.8) is 0 Å². The van der Waals surface area contributed by atoms with Crippen LogP contribution >= 0.6 is 0 Å². The Hall–Kier alpha value is -2.56. The van der Waals surface area contributed by atoms with Crippen LogP contribution in [0.3, 0.4) is 0 Å². The van der Waals surface area contributed by atoms with E-state index in [2.05, 4.69) is 0 Å². The molecule has 2 aliphatic rings. The first kappa shape index (κ1) is 15.9. The fourth-order valence-electron chi connectivity index (χ4n) is 4.24. The summed E-state index contributed by atoms with van der Waals surface area (Å²) in [7, 11) is 1.91. The molecule has 2 saturated heterocycles. The molecule has 2 fully saturated rings. The second-order valence-corrected chi connectivity index (χ2v) is 7.06. The summed E-state index contributed by atoms with van der Waals surface area (Å²) in [5, 5.41) is 0. The number of hydrogen-bond donors (Lipinski definition) is 0. The van der Waals surface area contributed by atoms with Gasteiger partial charge in [0.05, 0.1) is 12.2 Å². The Bertz CT molecular complexity index is 762. The maximum absolute atomic E-state index is 12.8. The molecule has 0 saturated carbocycles. The van der Waals surface area contributed by atoms with Crippen LogP contribution in [-0.2, 0) is 4.79 Å². The Labute approximate surface area is 147 Å². The number of benzene rings is 1. The summed E-state index contributed by atoms with van der Waals surface area (Å²) in [6.07, 6.45) is 3.97. The molecule has 0 aliphatic carbocycles. The van der Waals surface area contributed by atoms with E-state index < -0.39 is 0 Å². The van der Waals surface area contributed by atoms with E-state index in [-0.39, 0.29) is 23.3 Å². The third-order valence-corrected chi connectivity index (χ3v) is 5.84. The second-order valence-electron chi connectivity index (χ2n) is 7.06. The minimum atomic E-state index is -0.141. The minimum Gasteiger partial charge on any atom is -0.459 e. The Morgan fingerprint density at radius 1 is 1.12 bits per heavy atom. The molecule has 0 bridgehead atoms. The highest BCUT2D eigenvalue weighted by molar-refractivity contribution is 5.91. The van der Waals surface area contributed by atoms with Crippen LogP contribution in [0, 0.1) is 0 Å². The van der Waals surface area contributed by atoms with E-state index in [1.165, 1.54) is 6.26 Å². The standard InChI is InChI=1S/C20H22N2O3/c1-21-18(23)16(15-6-3-2-4-7-15)14-20(21)9-11-22(12-10-20)19(24)17-8-5-13-25-17/h2-8,13,16H,9-12,14H2,1H3. The summed E-state index contributed by atoms with van der Waals surface area (Å²) >= 11 is 0. The van der Waals surface area contributed by atoms with Crippen LogP contribution in [0.25, 0.3) is 0 Å². The SMILES string of the molecule is CN1C(=O)C(c2ccccc2)CC12CCN(C(=O)c1ccco1)CC2. The van der Waals surface area contributed by atoms with Gasteiger partial charge in [-0.1, -0.05) is 30.3 Å². The van der Waals surface area contributed by atoms with Crippen LogP contribution < -0.4 is 0 Å². The fourth-order valence-corrected chi connectivity index (χ4v) is 4.24. The van der Waals surface area contributed by atoms with Crippen molar-refractivity contribution in [3.8, 4) is 0 Å². The largest absolute Gasteiger partial charge is 0.459 e. The van der Waals surface area contributed by atoms with E-state index >= 15 is 0 Å². The van der Waals surface area contributed by atoms with E-state index in [1.807, 2.05) is 47.2 Å². The van der Waals surface area contributed by atoms with Crippen LogP contribution in [0.5, 0.6) is 0 Å².